The van der Waals surface area contributed by atoms with Crippen LogP contribution in [0, 0.1) is 11.3 Å². The van der Waals surface area contributed by atoms with Gasteiger partial charge in [-0.25, -0.2) is 8.42 Å². The van der Waals surface area contributed by atoms with Crippen molar-refractivity contribution < 1.29 is 8.42 Å². The molecule has 18 heavy (non-hydrogen) atoms. The van der Waals surface area contributed by atoms with Crippen molar-refractivity contribution in [2.45, 2.75) is 9.79 Å². The van der Waals surface area contributed by atoms with Crippen molar-refractivity contribution in [3.05, 3.63) is 54.1 Å². The van der Waals surface area contributed by atoms with Crippen LogP contribution < -0.4 is 5.73 Å². The first-order chi connectivity index (χ1) is 8.54. The maximum absolute atomic E-state index is 12.2. The normalized spacial score (nSPS) is 10.8. The molecular formula is C13H10N2O2S. The van der Waals surface area contributed by atoms with Crippen molar-refractivity contribution in [3.8, 4) is 6.07 Å². The Balaban J connectivity index is 2.48. The van der Waals surface area contributed by atoms with Gasteiger partial charge in [-0.2, -0.15) is 5.26 Å². The number of nitrogens with two attached hydrogens (primary N) is 1. The molecule has 0 saturated heterocycles. The van der Waals surface area contributed by atoms with Crippen molar-refractivity contribution >= 4 is 15.5 Å². The van der Waals surface area contributed by atoms with Gasteiger partial charge in [-0.15, -0.1) is 0 Å². The van der Waals surface area contributed by atoms with Crippen molar-refractivity contribution in [1.29, 1.82) is 5.26 Å². The van der Waals surface area contributed by atoms with E-state index in [1.807, 2.05) is 6.07 Å². The summed E-state index contributed by atoms with van der Waals surface area (Å²) in [5.74, 6) is 0. The summed E-state index contributed by atoms with van der Waals surface area (Å²) in [5.41, 5.74) is 6.45. The number of hydrogen-bond donors (Lipinski definition) is 1. The summed E-state index contributed by atoms with van der Waals surface area (Å²) >= 11 is 0. The molecule has 0 atom stereocenters. The first-order valence-corrected chi connectivity index (χ1v) is 6.63. The average molecular weight is 258 g/mol. The summed E-state index contributed by atoms with van der Waals surface area (Å²) in [5, 5.41) is 8.67. The fourth-order valence-corrected chi connectivity index (χ4v) is 2.75. The highest BCUT2D eigenvalue weighted by atomic mass is 32.2. The van der Waals surface area contributed by atoms with Gasteiger partial charge in [0.15, 0.2) is 0 Å². The van der Waals surface area contributed by atoms with E-state index in [1.54, 1.807) is 0 Å². The molecule has 0 spiro atoms. The van der Waals surface area contributed by atoms with Crippen LogP contribution in [0.25, 0.3) is 0 Å². The molecule has 0 aliphatic carbocycles. The Morgan fingerprint density at radius 3 is 1.78 bits per heavy atom. The Hall–Kier alpha value is -2.32. The molecule has 90 valence electrons. The van der Waals surface area contributed by atoms with Crippen LogP contribution in [0.5, 0.6) is 0 Å². The molecule has 0 radical (unpaired) electrons. The second-order valence-electron chi connectivity index (χ2n) is 3.71. The summed E-state index contributed by atoms with van der Waals surface area (Å²) in [6, 6.07) is 13.7. The summed E-state index contributed by atoms with van der Waals surface area (Å²) in [4.78, 5) is 0.340. The molecule has 0 aromatic heterocycles. The molecule has 0 aliphatic heterocycles. The zero-order chi connectivity index (χ0) is 13.2. The maximum Gasteiger partial charge on any atom is 0.206 e. The van der Waals surface area contributed by atoms with Crippen molar-refractivity contribution in [1.82, 2.24) is 0 Å². The van der Waals surface area contributed by atoms with Gasteiger partial charge in [-0.3, -0.25) is 0 Å². The molecule has 0 saturated carbocycles. The van der Waals surface area contributed by atoms with Gasteiger partial charge in [0.2, 0.25) is 9.84 Å². The molecule has 2 rings (SSSR count). The predicted octanol–water partition coefficient (Wildman–Crippen LogP) is 1.97. The van der Waals surface area contributed by atoms with Gasteiger partial charge in [-0.05, 0) is 48.5 Å². The van der Waals surface area contributed by atoms with Gasteiger partial charge in [0.05, 0.1) is 21.4 Å². The number of sulfone groups is 1. The lowest BCUT2D eigenvalue weighted by atomic mass is 10.2. The third-order valence-electron chi connectivity index (χ3n) is 2.48. The van der Waals surface area contributed by atoms with E-state index >= 15 is 0 Å². The van der Waals surface area contributed by atoms with Crippen molar-refractivity contribution in [2.75, 3.05) is 5.73 Å². The minimum absolute atomic E-state index is 0.159. The highest BCUT2D eigenvalue weighted by Gasteiger charge is 2.16. The van der Waals surface area contributed by atoms with Gasteiger partial charge in [0.25, 0.3) is 0 Å². The lowest BCUT2D eigenvalue weighted by molar-refractivity contribution is 0.596. The van der Waals surface area contributed by atoms with Crippen LogP contribution in [0.3, 0.4) is 0 Å². The Bertz CT molecular complexity index is 696. The summed E-state index contributed by atoms with van der Waals surface area (Å²) in [7, 11) is -3.55. The molecule has 2 N–H and O–H groups in total. The number of rotatable bonds is 2. The van der Waals surface area contributed by atoms with Gasteiger partial charge in [0, 0.05) is 5.69 Å². The van der Waals surface area contributed by atoms with Crippen LogP contribution in [-0.2, 0) is 9.84 Å². The summed E-state index contributed by atoms with van der Waals surface area (Å²) in [6.45, 7) is 0. The number of hydrogen-bond acceptors (Lipinski definition) is 4. The fourth-order valence-electron chi connectivity index (χ4n) is 1.49. The Morgan fingerprint density at radius 2 is 1.33 bits per heavy atom. The van der Waals surface area contributed by atoms with Gasteiger partial charge in [0.1, 0.15) is 0 Å². The number of benzene rings is 2. The predicted molar refractivity (Wildman–Crippen MR) is 67.5 cm³/mol. The van der Waals surface area contributed by atoms with Crippen LogP contribution >= 0.6 is 0 Å². The minimum Gasteiger partial charge on any atom is -0.399 e. The number of nitrogen functional groups attached to an aromatic ring is 1. The maximum atomic E-state index is 12.2. The molecule has 5 heteroatoms. The minimum atomic E-state index is -3.55. The van der Waals surface area contributed by atoms with E-state index in [1.165, 1.54) is 48.5 Å². The van der Waals surface area contributed by atoms with E-state index in [0.717, 1.165) is 0 Å². The third-order valence-corrected chi connectivity index (χ3v) is 4.27. The van der Waals surface area contributed by atoms with Gasteiger partial charge < -0.3 is 5.73 Å². The quantitative estimate of drug-likeness (QED) is 0.835. The van der Waals surface area contributed by atoms with Crippen LogP contribution in [-0.4, -0.2) is 8.42 Å². The second-order valence-corrected chi connectivity index (χ2v) is 5.66. The van der Waals surface area contributed by atoms with E-state index in [4.69, 9.17) is 11.0 Å². The molecule has 0 bridgehead atoms. The highest BCUT2D eigenvalue weighted by Crippen LogP contribution is 2.21. The van der Waals surface area contributed by atoms with Crippen LogP contribution in [0.15, 0.2) is 58.3 Å². The first kappa shape index (κ1) is 12.1. The lowest BCUT2D eigenvalue weighted by Gasteiger charge is -2.04. The lowest BCUT2D eigenvalue weighted by Crippen LogP contribution is -2.02. The van der Waals surface area contributed by atoms with Crippen LogP contribution in [0.2, 0.25) is 0 Å². The molecule has 0 fully saturated rings. The zero-order valence-electron chi connectivity index (χ0n) is 9.37. The standard InChI is InChI=1S/C13H10N2O2S/c14-9-10-1-5-12(6-2-10)18(16,17)13-7-3-11(15)4-8-13/h1-8H,15H2. The number of nitriles is 1. The fraction of sp³-hybridized carbons (Fsp3) is 0. The van der Waals surface area contributed by atoms with Crippen molar-refractivity contribution in [2.24, 2.45) is 0 Å². The Morgan fingerprint density at radius 1 is 0.889 bits per heavy atom. The van der Waals surface area contributed by atoms with Gasteiger partial charge in [-0.1, -0.05) is 0 Å². The van der Waals surface area contributed by atoms with E-state index in [0.29, 0.717) is 11.3 Å². The molecule has 0 heterocycles. The monoisotopic (exact) mass is 258 g/mol. The van der Waals surface area contributed by atoms with E-state index in [2.05, 4.69) is 0 Å². The first-order valence-electron chi connectivity index (χ1n) is 5.15. The molecular weight excluding hydrogens is 248 g/mol. The topological polar surface area (TPSA) is 84.0 Å². The van der Waals surface area contributed by atoms with E-state index in [-0.39, 0.29) is 9.79 Å². The molecule has 4 nitrogen and oxygen atoms in total. The molecule has 0 amide bonds. The summed E-state index contributed by atoms with van der Waals surface area (Å²) in [6.07, 6.45) is 0. The highest BCUT2D eigenvalue weighted by molar-refractivity contribution is 7.91. The summed E-state index contributed by atoms with van der Waals surface area (Å²) < 4.78 is 24.4. The van der Waals surface area contributed by atoms with Crippen LogP contribution in [0.1, 0.15) is 5.56 Å². The van der Waals surface area contributed by atoms with E-state index in [9.17, 15) is 8.42 Å². The molecule has 2 aromatic rings. The largest absolute Gasteiger partial charge is 0.399 e. The molecule has 0 aliphatic rings. The third kappa shape index (κ3) is 2.19. The molecule has 0 unspecified atom stereocenters. The zero-order valence-corrected chi connectivity index (χ0v) is 10.2. The number of anilines is 1. The van der Waals surface area contributed by atoms with Crippen LogP contribution in [0.4, 0.5) is 5.69 Å². The van der Waals surface area contributed by atoms with E-state index < -0.39 is 9.84 Å². The Kier molecular flexibility index (Phi) is 3.04. The van der Waals surface area contributed by atoms with Gasteiger partial charge >= 0.3 is 0 Å². The SMILES string of the molecule is N#Cc1ccc(S(=O)(=O)c2ccc(N)cc2)cc1. The second kappa shape index (κ2) is 4.51. The molecule has 2 aromatic carbocycles. The average Bonchev–Trinajstić information content (AvgIpc) is 2.39. The smallest absolute Gasteiger partial charge is 0.206 e. The number of nitrogens with zero attached hydrogens (tertiary/aromatic N) is 1. The van der Waals surface area contributed by atoms with Crippen molar-refractivity contribution in [3.63, 3.8) is 0 Å². The Labute approximate surface area is 105 Å².